The van der Waals surface area contributed by atoms with Crippen LogP contribution in [-0.2, 0) is 17.7 Å². The van der Waals surface area contributed by atoms with Gasteiger partial charge in [0.1, 0.15) is 11.4 Å². The molecule has 10 nitrogen and oxygen atoms in total. The number of aliphatic hydroxyl groups excluding tert-OH is 1. The number of ether oxygens (including phenoxy) is 1. The van der Waals surface area contributed by atoms with Gasteiger partial charge < -0.3 is 30.2 Å². The summed E-state index contributed by atoms with van der Waals surface area (Å²) < 4.78 is 6.29. The third kappa shape index (κ3) is 6.87. The number of phenols is 1. The van der Waals surface area contributed by atoms with Crippen molar-refractivity contribution >= 4 is 28.1 Å². The molecule has 0 aliphatic carbocycles. The molecule has 232 valence electrons. The fourth-order valence-electron chi connectivity index (χ4n) is 6.34. The third-order valence-electron chi connectivity index (χ3n) is 8.73. The molecule has 0 unspecified atom stereocenters. The molecule has 4 aromatic rings. The number of carbonyl (C=O) groups is 1. The number of rotatable bonds is 9. The monoisotopic (exact) mass is 617 g/mol. The molecule has 1 atom stereocenters. The third-order valence-corrected chi connectivity index (χ3v) is 9.51. The summed E-state index contributed by atoms with van der Waals surface area (Å²) in [6.45, 7) is 7.47. The number of H-pyrrole nitrogens is 1. The lowest BCUT2D eigenvalue weighted by Gasteiger charge is -2.47. The summed E-state index contributed by atoms with van der Waals surface area (Å²) in [4.78, 5) is 36.1. The summed E-state index contributed by atoms with van der Waals surface area (Å²) in [5, 5.41) is 27.6. The Bertz CT molecular complexity index is 1680. The van der Waals surface area contributed by atoms with Crippen LogP contribution in [0.15, 0.2) is 58.7 Å². The zero-order valence-electron chi connectivity index (χ0n) is 24.9. The SMILES string of the molecule is Cc1nc(C(=O)N2CCOC3(CCN(Cc4cccc(CCNC[C@H](O)c5ccc(O)c6[nH]c(=O)ccc56)c4)CC3)C2)cs1. The predicted molar refractivity (Wildman–Crippen MR) is 170 cm³/mol. The second-order valence-corrected chi connectivity index (χ2v) is 12.9. The molecule has 2 aliphatic heterocycles. The molecule has 11 heteroatoms. The number of phenolic OH excluding ortho intramolecular Hbond substituents is 1. The largest absolute Gasteiger partial charge is 0.506 e. The molecule has 1 amide bonds. The average Bonchev–Trinajstić information content (AvgIpc) is 3.47. The van der Waals surface area contributed by atoms with Gasteiger partial charge in [0.25, 0.3) is 5.91 Å². The van der Waals surface area contributed by atoms with Crippen LogP contribution < -0.4 is 10.9 Å². The van der Waals surface area contributed by atoms with Crippen molar-refractivity contribution in [2.45, 2.75) is 44.4 Å². The van der Waals surface area contributed by atoms with Gasteiger partial charge in [0, 0.05) is 49.6 Å². The number of likely N-dealkylation sites (tertiary alicyclic amines) is 1. The Morgan fingerprint density at radius 2 is 1.98 bits per heavy atom. The van der Waals surface area contributed by atoms with Gasteiger partial charge in [0.2, 0.25) is 5.56 Å². The highest BCUT2D eigenvalue weighted by Crippen LogP contribution is 2.32. The van der Waals surface area contributed by atoms with Crippen LogP contribution in [0.3, 0.4) is 0 Å². The maximum Gasteiger partial charge on any atom is 0.273 e. The summed E-state index contributed by atoms with van der Waals surface area (Å²) in [7, 11) is 0. The van der Waals surface area contributed by atoms with E-state index in [2.05, 4.69) is 44.5 Å². The topological polar surface area (TPSA) is 131 Å². The highest BCUT2D eigenvalue weighted by Gasteiger charge is 2.41. The Hall–Kier alpha value is -3.61. The number of aryl methyl sites for hydroxylation is 1. The second kappa shape index (κ2) is 13.2. The molecule has 2 aliphatic rings. The van der Waals surface area contributed by atoms with Crippen molar-refractivity contribution in [1.82, 2.24) is 25.1 Å². The maximum absolute atomic E-state index is 13.0. The number of carbonyl (C=O) groups excluding carboxylic acids is 1. The first kappa shape index (κ1) is 30.4. The number of nitrogens with one attached hydrogen (secondary N) is 2. The first-order valence-electron chi connectivity index (χ1n) is 15.2. The van der Waals surface area contributed by atoms with E-state index in [0.29, 0.717) is 54.9 Å². The van der Waals surface area contributed by atoms with E-state index >= 15 is 0 Å². The van der Waals surface area contributed by atoms with Gasteiger partial charge in [-0.2, -0.15) is 0 Å². The molecular weight excluding hydrogens is 578 g/mol. The summed E-state index contributed by atoms with van der Waals surface area (Å²) in [6, 6.07) is 14.8. The van der Waals surface area contributed by atoms with Crippen molar-refractivity contribution in [3.63, 3.8) is 0 Å². The zero-order chi connectivity index (χ0) is 30.7. The molecule has 0 bridgehead atoms. The Kier molecular flexibility index (Phi) is 9.11. The number of amides is 1. The molecule has 1 spiro atoms. The van der Waals surface area contributed by atoms with Crippen LogP contribution in [0.25, 0.3) is 10.9 Å². The molecule has 4 N–H and O–H groups in total. The van der Waals surface area contributed by atoms with Gasteiger partial charge in [-0.05, 0) is 61.6 Å². The van der Waals surface area contributed by atoms with Crippen LogP contribution in [0.2, 0.25) is 0 Å². The van der Waals surface area contributed by atoms with Crippen LogP contribution >= 0.6 is 11.3 Å². The van der Waals surface area contributed by atoms with Crippen LogP contribution in [-0.4, -0.2) is 87.4 Å². The number of nitrogens with zero attached hydrogens (tertiary/aromatic N) is 3. The summed E-state index contributed by atoms with van der Waals surface area (Å²) >= 11 is 1.51. The van der Waals surface area contributed by atoms with Gasteiger partial charge >= 0.3 is 0 Å². The molecule has 4 heterocycles. The molecule has 2 aromatic heterocycles. The van der Waals surface area contributed by atoms with Crippen LogP contribution in [0.4, 0.5) is 0 Å². The minimum Gasteiger partial charge on any atom is -0.506 e. The van der Waals surface area contributed by atoms with Gasteiger partial charge in [-0.1, -0.05) is 30.3 Å². The quantitative estimate of drug-likeness (QED) is 0.210. The minimum absolute atomic E-state index is 0.00619. The lowest BCUT2D eigenvalue weighted by atomic mass is 9.89. The number of hydrogen-bond donors (Lipinski definition) is 4. The summed E-state index contributed by atoms with van der Waals surface area (Å²) in [5.41, 5.74) is 3.44. The lowest BCUT2D eigenvalue weighted by Crippen LogP contribution is -2.58. The van der Waals surface area contributed by atoms with Crippen LogP contribution in [0.5, 0.6) is 5.75 Å². The van der Waals surface area contributed by atoms with Crippen LogP contribution in [0, 0.1) is 6.92 Å². The van der Waals surface area contributed by atoms with E-state index in [-0.39, 0.29) is 22.8 Å². The molecular formula is C33H39N5O5S. The summed E-state index contributed by atoms with van der Waals surface area (Å²) in [6.07, 6.45) is 1.83. The molecule has 0 saturated carbocycles. The van der Waals surface area contributed by atoms with Gasteiger partial charge in [0.15, 0.2) is 0 Å². The van der Waals surface area contributed by atoms with Gasteiger partial charge in [-0.25, -0.2) is 4.98 Å². The minimum atomic E-state index is -0.785. The Labute approximate surface area is 260 Å². The molecule has 0 radical (unpaired) electrons. The highest BCUT2D eigenvalue weighted by atomic mass is 32.1. The van der Waals surface area contributed by atoms with E-state index in [1.54, 1.807) is 12.1 Å². The number of hydrogen-bond acceptors (Lipinski definition) is 9. The number of aliphatic hydroxyl groups is 1. The fraction of sp³-hybridized carbons (Fsp3) is 0.424. The van der Waals surface area contributed by atoms with Crippen molar-refractivity contribution in [3.8, 4) is 5.75 Å². The van der Waals surface area contributed by atoms with E-state index in [9.17, 15) is 19.8 Å². The molecule has 44 heavy (non-hydrogen) atoms. The van der Waals surface area contributed by atoms with Crippen molar-refractivity contribution in [2.24, 2.45) is 0 Å². The number of aromatic hydroxyl groups is 1. The first-order chi connectivity index (χ1) is 21.3. The molecule has 2 saturated heterocycles. The Morgan fingerprint density at radius 3 is 2.77 bits per heavy atom. The van der Waals surface area contributed by atoms with Gasteiger partial charge in [0.05, 0.1) is 35.4 Å². The normalized spacial score (nSPS) is 17.7. The zero-order valence-corrected chi connectivity index (χ0v) is 25.7. The lowest BCUT2D eigenvalue weighted by molar-refractivity contribution is -0.128. The highest BCUT2D eigenvalue weighted by molar-refractivity contribution is 7.09. The summed E-state index contributed by atoms with van der Waals surface area (Å²) in [5.74, 6) is -0.0136. The van der Waals surface area contributed by atoms with Gasteiger partial charge in [-0.15, -0.1) is 11.3 Å². The number of aromatic nitrogens is 2. The second-order valence-electron chi connectivity index (χ2n) is 11.9. The number of benzene rings is 2. The van der Waals surface area contributed by atoms with Gasteiger partial charge in [-0.3, -0.25) is 14.5 Å². The number of pyridine rings is 1. The smallest absolute Gasteiger partial charge is 0.273 e. The van der Waals surface area contributed by atoms with Crippen molar-refractivity contribution in [2.75, 3.05) is 45.9 Å². The number of aromatic amines is 1. The first-order valence-corrected chi connectivity index (χ1v) is 16.1. The standard InChI is InChI=1S/C33H39N5O5S/c1-22-35-27(20-44-22)32(42)38-15-16-43-33(21-38)10-13-37(14-11-33)19-24-4-2-3-23(17-24)9-12-34-18-29(40)25-5-7-28(39)31-26(25)6-8-30(41)36-31/h2-8,17,20,29,34,39-40H,9-16,18-19,21H2,1H3,(H,36,41)/t29-/m0/s1. The average molecular weight is 618 g/mol. The van der Waals surface area contributed by atoms with E-state index < -0.39 is 6.10 Å². The molecule has 2 fully saturated rings. The molecule has 2 aromatic carbocycles. The van der Waals surface area contributed by atoms with Crippen molar-refractivity contribution in [3.05, 3.63) is 91.7 Å². The van der Waals surface area contributed by atoms with Crippen molar-refractivity contribution < 1.29 is 19.7 Å². The van der Waals surface area contributed by atoms with E-state index in [1.165, 1.54) is 34.6 Å². The predicted octanol–water partition coefficient (Wildman–Crippen LogP) is 3.37. The van der Waals surface area contributed by atoms with E-state index in [4.69, 9.17) is 4.74 Å². The maximum atomic E-state index is 13.0. The van der Waals surface area contributed by atoms with E-state index in [0.717, 1.165) is 43.9 Å². The Balaban J connectivity index is 0.972. The number of thiazole rings is 1. The number of morpholine rings is 1. The fourth-order valence-corrected chi connectivity index (χ4v) is 6.92. The Morgan fingerprint density at radius 1 is 1.16 bits per heavy atom. The van der Waals surface area contributed by atoms with Crippen LogP contribution in [0.1, 0.15) is 51.1 Å². The number of fused-ring (bicyclic) bond motifs is 1. The van der Waals surface area contributed by atoms with Crippen molar-refractivity contribution in [1.29, 1.82) is 0 Å². The molecule has 6 rings (SSSR count). The van der Waals surface area contributed by atoms with E-state index in [1.807, 2.05) is 17.2 Å². The number of piperidine rings is 1.